The molecule has 3 rings (SSSR count). The Morgan fingerprint density at radius 3 is 2.37 bits per heavy atom. The van der Waals surface area contributed by atoms with Crippen molar-refractivity contribution in [3.8, 4) is 0 Å². The molecule has 0 spiro atoms. The van der Waals surface area contributed by atoms with E-state index in [1.165, 1.54) is 25.7 Å². The summed E-state index contributed by atoms with van der Waals surface area (Å²) >= 11 is 0. The van der Waals surface area contributed by atoms with Gasteiger partial charge in [0.15, 0.2) is 0 Å². The van der Waals surface area contributed by atoms with Crippen molar-refractivity contribution >= 4 is 5.91 Å². The zero-order chi connectivity index (χ0) is 13.6. The van der Waals surface area contributed by atoms with Crippen LogP contribution in [0.1, 0.15) is 52.9 Å². The molecule has 1 heterocycles. The average molecular weight is 263 g/mol. The van der Waals surface area contributed by atoms with Crippen molar-refractivity contribution in [1.82, 2.24) is 5.32 Å². The second-order valence-corrected chi connectivity index (χ2v) is 7.72. The number of amides is 1. The number of hydrogen-bond acceptors (Lipinski definition) is 1. The molecule has 1 N–H and O–H groups in total. The van der Waals surface area contributed by atoms with Gasteiger partial charge in [0, 0.05) is 12.5 Å². The van der Waals surface area contributed by atoms with E-state index in [2.05, 4.69) is 26.1 Å². The molecule has 5 unspecified atom stereocenters. The van der Waals surface area contributed by atoms with Gasteiger partial charge in [0.05, 0.1) is 0 Å². The first-order valence-corrected chi connectivity index (χ1v) is 8.35. The van der Waals surface area contributed by atoms with Crippen LogP contribution in [0.3, 0.4) is 0 Å². The monoisotopic (exact) mass is 263 g/mol. The summed E-state index contributed by atoms with van der Waals surface area (Å²) in [5.74, 6) is 5.58. The number of carbonyl (C=O) groups excluding carboxylic acids is 1. The predicted molar refractivity (Wildman–Crippen MR) is 77.5 cm³/mol. The van der Waals surface area contributed by atoms with Crippen molar-refractivity contribution in [2.24, 2.45) is 41.4 Å². The van der Waals surface area contributed by atoms with Gasteiger partial charge < -0.3 is 5.32 Å². The molecule has 0 aromatic carbocycles. The van der Waals surface area contributed by atoms with Crippen LogP contribution in [-0.2, 0) is 4.79 Å². The fraction of sp³-hybridized carbons (Fsp3) is 0.941. The lowest BCUT2D eigenvalue weighted by atomic mass is 9.58. The Kier molecular flexibility index (Phi) is 3.61. The second kappa shape index (κ2) is 5.10. The van der Waals surface area contributed by atoms with Crippen LogP contribution < -0.4 is 5.32 Å². The molecule has 0 aromatic rings. The molecule has 19 heavy (non-hydrogen) atoms. The van der Waals surface area contributed by atoms with Gasteiger partial charge in [-0.1, -0.05) is 27.2 Å². The minimum absolute atomic E-state index is 0.345. The molecule has 1 aliphatic heterocycles. The summed E-state index contributed by atoms with van der Waals surface area (Å²) in [5, 5.41) is 3.13. The van der Waals surface area contributed by atoms with Gasteiger partial charge in [-0.25, -0.2) is 0 Å². The van der Waals surface area contributed by atoms with Crippen molar-refractivity contribution in [3.63, 3.8) is 0 Å². The molecular formula is C17H29NO. The molecule has 0 radical (unpaired) electrons. The molecule has 2 saturated carbocycles. The Hall–Kier alpha value is -0.530. The van der Waals surface area contributed by atoms with Gasteiger partial charge in [-0.3, -0.25) is 4.79 Å². The molecule has 0 bridgehead atoms. The van der Waals surface area contributed by atoms with E-state index in [-0.39, 0.29) is 0 Å². The fourth-order valence-electron chi connectivity index (χ4n) is 5.83. The number of nitrogens with one attached hydrogen (secondary N) is 1. The molecule has 2 heteroatoms. The summed E-state index contributed by atoms with van der Waals surface area (Å²) in [7, 11) is 0. The summed E-state index contributed by atoms with van der Waals surface area (Å²) in [6.07, 6.45) is 6.56. The standard InChI is InChI=1S/C17H29NO/c1-10-7-11(2)16(12(3)8-10)13-5-4-6-14-15(13)9-18-17(14)19/h10-16H,4-9H2,1-3H3,(H,18,19). The van der Waals surface area contributed by atoms with Gasteiger partial charge >= 0.3 is 0 Å². The van der Waals surface area contributed by atoms with E-state index in [4.69, 9.17) is 0 Å². The molecule has 2 aliphatic carbocycles. The van der Waals surface area contributed by atoms with E-state index in [0.717, 1.165) is 42.6 Å². The first kappa shape index (κ1) is 13.5. The van der Waals surface area contributed by atoms with Crippen LogP contribution in [-0.4, -0.2) is 12.5 Å². The van der Waals surface area contributed by atoms with Gasteiger partial charge in [-0.2, -0.15) is 0 Å². The van der Waals surface area contributed by atoms with E-state index >= 15 is 0 Å². The molecule has 3 aliphatic rings. The maximum atomic E-state index is 11.9. The van der Waals surface area contributed by atoms with Crippen LogP contribution >= 0.6 is 0 Å². The summed E-state index contributed by atoms with van der Waals surface area (Å²) in [6.45, 7) is 8.29. The molecule has 2 nitrogen and oxygen atoms in total. The third-order valence-corrected chi connectivity index (χ3v) is 6.32. The Balaban J connectivity index is 1.78. The van der Waals surface area contributed by atoms with Crippen molar-refractivity contribution in [1.29, 1.82) is 0 Å². The SMILES string of the molecule is CC1CC(C)C(C2CCCC3C(=O)NCC32)C(C)C1. The smallest absolute Gasteiger partial charge is 0.223 e. The largest absolute Gasteiger partial charge is 0.356 e. The highest BCUT2D eigenvalue weighted by molar-refractivity contribution is 5.81. The quantitative estimate of drug-likeness (QED) is 0.771. The summed E-state index contributed by atoms with van der Waals surface area (Å²) in [4.78, 5) is 11.9. The third kappa shape index (κ3) is 2.32. The Labute approximate surface area is 117 Å². The third-order valence-electron chi connectivity index (χ3n) is 6.32. The molecular weight excluding hydrogens is 234 g/mol. The van der Waals surface area contributed by atoms with Crippen LogP contribution in [0.4, 0.5) is 0 Å². The van der Waals surface area contributed by atoms with Crippen molar-refractivity contribution in [3.05, 3.63) is 0 Å². The Morgan fingerprint density at radius 1 is 1.00 bits per heavy atom. The van der Waals surface area contributed by atoms with Crippen LogP contribution in [0.15, 0.2) is 0 Å². The molecule has 1 saturated heterocycles. The highest BCUT2D eigenvalue weighted by Gasteiger charge is 2.47. The van der Waals surface area contributed by atoms with Crippen LogP contribution in [0, 0.1) is 41.4 Å². The second-order valence-electron chi connectivity index (χ2n) is 7.72. The van der Waals surface area contributed by atoms with E-state index in [1.807, 2.05) is 0 Å². The molecule has 108 valence electrons. The average Bonchev–Trinajstić information content (AvgIpc) is 2.71. The van der Waals surface area contributed by atoms with Crippen molar-refractivity contribution < 1.29 is 4.79 Å². The zero-order valence-corrected chi connectivity index (χ0v) is 12.7. The zero-order valence-electron chi connectivity index (χ0n) is 12.7. The van der Waals surface area contributed by atoms with Gasteiger partial charge in [0.1, 0.15) is 0 Å². The molecule has 1 amide bonds. The minimum atomic E-state index is 0.345. The van der Waals surface area contributed by atoms with Crippen LogP contribution in [0.2, 0.25) is 0 Å². The molecule has 3 fully saturated rings. The topological polar surface area (TPSA) is 29.1 Å². The maximum absolute atomic E-state index is 11.9. The Bertz CT molecular complexity index is 341. The number of hydrogen-bond donors (Lipinski definition) is 1. The fourth-order valence-corrected chi connectivity index (χ4v) is 5.83. The van der Waals surface area contributed by atoms with E-state index in [1.54, 1.807) is 0 Å². The maximum Gasteiger partial charge on any atom is 0.223 e. The van der Waals surface area contributed by atoms with Gasteiger partial charge in [-0.05, 0) is 61.2 Å². The normalized spacial score (nSPS) is 50.7. The highest BCUT2D eigenvalue weighted by atomic mass is 16.2. The van der Waals surface area contributed by atoms with Gasteiger partial charge in [-0.15, -0.1) is 0 Å². The lowest BCUT2D eigenvalue weighted by Crippen LogP contribution is -2.41. The predicted octanol–water partition coefficient (Wildman–Crippen LogP) is 3.47. The van der Waals surface area contributed by atoms with Gasteiger partial charge in [0.2, 0.25) is 5.91 Å². The molecule has 5 atom stereocenters. The first-order valence-electron chi connectivity index (χ1n) is 8.35. The van der Waals surface area contributed by atoms with E-state index < -0.39 is 0 Å². The lowest BCUT2D eigenvalue weighted by Gasteiger charge is -2.47. The minimum Gasteiger partial charge on any atom is -0.356 e. The Morgan fingerprint density at radius 2 is 1.68 bits per heavy atom. The summed E-state index contributed by atoms with van der Waals surface area (Å²) in [5.41, 5.74) is 0. The van der Waals surface area contributed by atoms with Gasteiger partial charge in [0.25, 0.3) is 0 Å². The van der Waals surface area contributed by atoms with Crippen LogP contribution in [0.5, 0.6) is 0 Å². The van der Waals surface area contributed by atoms with Crippen LogP contribution in [0.25, 0.3) is 0 Å². The van der Waals surface area contributed by atoms with Crippen molar-refractivity contribution in [2.75, 3.05) is 6.54 Å². The van der Waals surface area contributed by atoms with E-state index in [0.29, 0.717) is 17.7 Å². The summed E-state index contributed by atoms with van der Waals surface area (Å²) in [6, 6.07) is 0. The first-order chi connectivity index (χ1) is 9.08. The number of carbonyl (C=O) groups is 1. The van der Waals surface area contributed by atoms with E-state index in [9.17, 15) is 4.79 Å². The number of rotatable bonds is 1. The lowest BCUT2D eigenvalue weighted by molar-refractivity contribution is -0.124. The highest BCUT2D eigenvalue weighted by Crippen LogP contribution is 2.50. The summed E-state index contributed by atoms with van der Waals surface area (Å²) < 4.78 is 0. The van der Waals surface area contributed by atoms with Crippen molar-refractivity contribution in [2.45, 2.75) is 52.9 Å². The number of fused-ring (bicyclic) bond motifs is 1. The molecule has 0 aromatic heterocycles.